The van der Waals surface area contributed by atoms with Gasteiger partial charge in [-0.15, -0.1) is 0 Å². The molecule has 12 nitrogen and oxygen atoms in total. The highest BCUT2D eigenvalue weighted by molar-refractivity contribution is 8.15. The first-order valence-corrected chi connectivity index (χ1v) is 11.9. The number of thioether (sulfide) groups is 1. The van der Waals surface area contributed by atoms with Gasteiger partial charge in [0, 0.05) is 42.8 Å². The Morgan fingerprint density at radius 3 is 2.31 bits per heavy atom. The zero-order chi connectivity index (χ0) is 26.6. The Balaban J connectivity index is 2.77. The molecule has 0 bridgehead atoms. The zero-order valence-corrected chi connectivity index (χ0v) is 21.5. The molecule has 1 atom stereocenters. The number of carbonyl (C=O) groups is 6. The molecule has 1 rings (SSSR count). The number of quaternary nitrogens is 1. The van der Waals surface area contributed by atoms with Crippen molar-refractivity contribution in [2.75, 3.05) is 59.7 Å². The number of hydrogen-bond acceptors (Lipinski definition) is 10. The van der Waals surface area contributed by atoms with Gasteiger partial charge in [0.1, 0.15) is 19.8 Å². The van der Waals surface area contributed by atoms with Crippen LogP contribution < -0.4 is 10.6 Å². The summed E-state index contributed by atoms with van der Waals surface area (Å²) in [5.74, 6) is -3.72. The van der Waals surface area contributed by atoms with Crippen molar-refractivity contribution in [2.45, 2.75) is 26.4 Å². The number of carbonyl (C=O) groups excluding carboxylic acids is 6. The SMILES string of the molecule is CC(C)(COC(=O)/C=C/C(=O)OCC[N+](C)(C)C)[C@H]1OC(=O)C(=O)SCCNC(=O)CCNC1=O. The summed E-state index contributed by atoms with van der Waals surface area (Å²) in [6.45, 7) is 3.56. The normalized spacial score (nSPS) is 18.9. The van der Waals surface area contributed by atoms with E-state index < -0.39 is 40.4 Å². The van der Waals surface area contributed by atoms with Crippen LogP contribution in [-0.2, 0) is 43.0 Å². The third kappa shape index (κ3) is 12.4. The summed E-state index contributed by atoms with van der Waals surface area (Å²) >= 11 is 0.657. The fraction of sp³-hybridized carbons (Fsp3) is 0.636. The van der Waals surface area contributed by atoms with E-state index in [1.54, 1.807) is 0 Å². The summed E-state index contributed by atoms with van der Waals surface area (Å²) in [7, 11) is 5.82. The molecule has 1 saturated heterocycles. The van der Waals surface area contributed by atoms with Crippen LogP contribution in [0, 0.1) is 5.41 Å². The van der Waals surface area contributed by atoms with Gasteiger partial charge < -0.3 is 29.3 Å². The van der Waals surface area contributed by atoms with Gasteiger partial charge in [-0.05, 0) is 0 Å². The van der Waals surface area contributed by atoms with E-state index in [-0.39, 0.29) is 44.4 Å². The predicted octanol–water partition coefficient (Wildman–Crippen LogP) is -0.831. The van der Waals surface area contributed by atoms with E-state index in [0.29, 0.717) is 22.8 Å². The van der Waals surface area contributed by atoms with Crippen molar-refractivity contribution in [3.63, 3.8) is 0 Å². The molecule has 196 valence electrons. The number of nitrogens with zero attached hydrogens (tertiary/aromatic N) is 1. The van der Waals surface area contributed by atoms with Gasteiger partial charge in [0.15, 0.2) is 6.10 Å². The Morgan fingerprint density at radius 2 is 1.69 bits per heavy atom. The maximum Gasteiger partial charge on any atom is 0.386 e. The zero-order valence-electron chi connectivity index (χ0n) is 20.7. The van der Waals surface area contributed by atoms with E-state index >= 15 is 0 Å². The molecule has 0 saturated carbocycles. The maximum absolute atomic E-state index is 12.7. The van der Waals surface area contributed by atoms with E-state index in [4.69, 9.17) is 14.2 Å². The minimum Gasteiger partial charge on any atom is -0.462 e. The van der Waals surface area contributed by atoms with Crippen LogP contribution in [0.3, 0.4) is 0 Å². The number of amides is 2. The van der Waals surface area contributed by atoms with Crippen LogP contribution in [0.1, 0.15) is 20.3 Å². The number of esters is 3. The van der Waals surface area contributed by atoms with Crippen molar-refractivity contribution in [3.8, 4) is 0 Å². The van der Waals surface area contributed by atoms with Crippen LogP contribution in [0.25, 0.3) is 0 Å². The molecular formula is C22H34N3O9S+. The highest BCUT2D eigenvalue weighted by atomic mass is 32.2. The quantitative estimate of drug-likeness (QED) is 0.137. The molecule has 0 spiro atoms. The number of hydrogen-bond donors (Lipinski definition) is 2. The van der Waals surface area contributed by atoms with Crippen LogP contribution >= 0.6 is 11.8 Å². The van der Waals surface area contributed by atoms with Crippen LogP contribution in [0.4, 0.5) is 0 Å². The lowest BCUT2D eigenvalue weighted by Crippen LogP contribution is -2.49. The standard InChI is InChI=1S/C22H33N3O9S/c1-22(2,14-33-17(28)7-6-16(27)32-12-11-25(3,4)5)18-19(29)24-9-8-15(26)23-10-13-35-21(31)20(30)34-18/h6-7,18H,8-14H2,1-5H3,(H-,23,24,26,29)/p+1/b7-6+/t18-/m0/s1. The molecule has 13 heteroatoms. The molecule has 35 heavy (non-hydrogen) atoms. The minimum absolute atomic E-state index is 0.00387. The maximum atomic E-state index is 12.7. The molecule has 0 radical (unpaired) electrons. The number of ether oxygens (including phenoxy) is 3. The second-order valence-corrected chi connectivity index (χ2v) is 10.5. The van der Waals surface area contributed by atoms with Gasteiger partial charge in [0.05, 0.1) is 21.1 Å². The molecule has 0 unspecified atom stereocenters. The Hall–Kier alpha value is -2.93. The third-order valence-corrected chi connectivity index (χ3v) is 5.43. The van der Waals surface area contributed by atoms with E-state index in [9.17, 15) is 28.8 Å². The molecular weight excluding hydrogens is 482 g/mol. The summed E-state index contributed by atoms with van der Waals surface area (Å²) in [4.78, 5) is 72.5. The molecule has 0 aromatic rings. The van der Waals surface area contributed by atoms with Crippen molar-refractivity contribution in [2.24, 2.45) is 5.41 Å². The minimum atomic E-state index is -1.49. The Bertz CT molecular complexity index is 850. The third-order valence-electron chi connectivity index (χ3n) is 4.60. The fourth-order valence-electron chi connectivity index (χ4n) is 2.58. The smallest absolute Gasteiger partial charge is 0.386 e. The summed E-state index contributed by atoms with van der Waals surface area (Å²) in [6, 6.07) is 0. The lowest BCUT2D eigenvalue weighted by Gasteiger charge is -2.31. The van der Waals surface area contributed by atoms with Gasteiger partial charge in [-0.3, -0.25) is 14.4 Å². The summed E-state index contributed by atoms with van der Waals surface area (Å²) in [6.07, 6.45) is 0.327. The molecule has 0 aromatic heterocycles. The van der Waals surface area contributed by atoms with Crippen molar-refractivity contribution in [3.05, 3.63) is 12.2 Å². The lowest BCUT2D eigenvalue weighted by molar-refractivity contribution is -0.870. The first-order valence-electron chi connectivity index (χ1n) is 11.0. The van der Waals surface area contributed by atoms with Crippen molar-refractivity contribution >= 4 is 46.6 Å². The lowest BCUT2D eigenvalue weighted by atomic mass is 9.86. The molecule has 1 aliphatic rings. The Kier molecular flexibility index (Phi) is 11.9. The van der Waals surface area contributed by atoms with Crippen molar-refractivity contribution in [1.29, 1.82) is 0 Å². The van der Waals surface area contributed by atoms with Gasteiger partial charge in [0.2, 0.25) is 5.91 Å². The average Bonchev–Trinajstić information content (AvgIpc) is 2.76. The molecule has 0 aromatic carbocycles. The monoisotopic (exact) mass is 516 g/mol. The molecule has 2 N–H and O–H groups in total. The molecule has 1 aliphatic heterocycles. The fourth-order valence-corrected chi connectivity index (χ4v) is 3.14. The highest BCUT2D eigenvalue weighted by Gasteiger charge is 2.41. The number of nitrogens with one attached hydrogen (secondary N) is 2. The molecule has 1 heterocycles. The molecule has 0 aliphatic carbocycles. The largest absolute Gasteiger partial charge is 0.462 e. The first-order chi connectivity index (χ1) is 16.2. The highest BCUT2D eigenvalue weighted by Crippen LogP contribution is 2.25. The first kappa shape index (κ1) is 30.1. The number of likely N-dealkylation sites (N-methyl/N-ethyl adjacent to an activating group) is 1. The van der Waals surface area contributed by atoms with E-state index in [0.717, 1.165) is 12.2 Å². The van der Waals surface area contributed by atoms with E-state index in [1.807, 2.05) is 21.1 Å². The second kappa shape index (κ2) is 13.8. The van der Waals surface area contributed by atoms with E-state index in [2.05, 4.69) is 10.6 Å². The molecule has 1 fully saturated rings. The Labute approximate surface area is 208 Å². The van der Waals surface area contributed by atoms with Crippen molar-refractivity contribution < 1.29 is 47.5 Å². The van der Waals surface area contributed by atoms with Crippen LogP contribution in [-0.4, -0.2) is 105 Å². The molecule has 2 amide bonds. The van der Waals surface area contributed by atoms with Crippen LogP contribution in [0.5, 0.6) is 0 Å². The summed E-state index contributed by atoms with van der Waals surface area (Å²) < 4.78 is 15.9. The summed E-state index contributed by atoms with van der Waals surface area (Å²) in [5.41, 5.74) is -1.25. The van der Waals surface area contributed by atoms with Gasteiger partial charge in [-0.2, -0.15) is 0 Å². The van der Waals surface area contributed by atoms with Gasteiger partial charge in [-0.25, -0.2) is 14.4 Å². The van der Waals surface area contributed by atoms with Gasteiger partial charge >= 0.3 is 17.9 Å². The van der Waals surface area contributed by atoms with E-state index in [1.165, 1.54) is 13.8 Å². The number of cyclic esters (lactones) is 1. The topological polar surface area (TPSA) is 154 Å². The second-order valence-electron chi connectivity index (χ2n) is 9.42. The van der Waals surface area contributed by atoms with Crippen LogP contribution in [0.15, 0.2) is 12.2 Å². The van der Waals surface area contributed by atoms with Gasteiger partial charge in [0.25, 0.3) is 11.0 Å². The number of rotatable bonds is 8. The van der Waals surface area contributed by atoms with Gasteiger partial charge in [-0.1, -0.05) is 25.6 Å². The van der Waals surface area contributed by atoms with Crippen LogP contribution in [0.2, 0.25) is 0 Å². The summed E-state index contributed by atoms with van der Waals surface area (Å²) in [5, 5.41) is 4.14. The van der Waals surface area contributed by atoms with Crippen molar-refractivity contribution in [1.82, 2.24) is 10.6 Å². The predicted molar refractivity (Wildman–Crippen MR) is 126 cm³/mol. The average molecular weight is 517 g/mol. The Morgan fingerprint density at radius 1 is 1.06 bits per heavy atom.